The highest BCUT2D eigenvalue weighted by atomic mass is 16.5. The number of ether oxygens (including phenoxy) is 1. The smallest absolute Gasteiger partial charge is 0.191 e. The maximum atomic E-state index is 10.7. The molecule has 0 spiro atoms. The van der Waals surface area contributed by atoms with Crippen LogP contribution in [0.2, 0.25) is 0 Å². The fourth-order valence-corrected chi connectivity index (χ4v) is 3.94. The summed E-state index contributed by atoms with van der Waals surface area (Å²) in [6.45, 7) is 7.61. The number of rotatable bonds is 9. The number of piperidine rings is 1. The van der Waals surface area contributed by atoms with Crippen LogP contribution in [0.4, 0.5) is 0 Å². The molecule has 1 aromatic heterocycles. The molecule has 2 atom stereocenters. The zero-order chi connectivity index (χ0) is 22.1. The van der Waals surface area contributed by atoms with E-state index in [4.69, 9.17) is 9.15 Å². The van der Waals surface area contributed by atoms with Crippen molar-refractivity contribution >= 4 is 5.96 Å². The van der Waals surface area contributed by atoms with E-state index in [0.717, 1.165) is 31.9 Å². The molecule has 0 saturated carbocycles. The van der Waals surface area contributed by atoms with Gasteiger partial charge >= 0.3 is 0 Å². The van der Waals surface area contributed by atoms with Gasteiger partial charge < -0.3 is 24.9 Å². The van der Waals surface area contributed by atoms with Gasteiger partial charge in [-0.2, -0.15) is 0 Å². The highest BCUT2D eigenvalue weighted by molar-refractivity contribution is 5.79. The summed E-state index contributed by atoms with van der Waals surface area (Å²) in [6.07, 6.45) is 5.32. The first-order valence-electron chi connectivity index (χ1n) is 11.2. The molecule has 0 radical (unpaired) electrons. The Hall–Kier alpha value is -2.51. The first-order valence-corrected chi connectivity index (χ1v) is 11.2. The van der Waals surface area contributed by atoms with Crippen LogP contribution in [0.5, 0.6) is 5.75 Å². The Labute approximate surface area is 185 Å². The summed E-state index contributed by atoms with van der Waals surface area (Å²) in [7, 11) is 1.69. The number of aliphatic hydroxyl groups is 1. The molecular formula is C24H36N4O3. The van der Waals surface area contributed by atoms with Gasteiger partial charge in [-0.05, 0) is 69.6 Å². The van der Waals surface area contributed by atoms with Gasteiger partial charge in [-0.1, -0.05) is 18.6 Å². The van der Waals surface area contributed by atoms with E-state index in [1.54, 1.807) is 32.4 Å². The summed E-state index contributed by atoms with van der Waals surface area (Å²) in [6, 6.07) is 12.1. The van der Waals surface area contributed by atoms with Crippen LogP contribution < -0.4 is 15.4 Å². The van der Waals surface area contributed by atoms with Gasteiger partial charge in [0.1, 0.15) is 17.1 Å². The van der Waals surface area contributed by atoms with Crippen LogP contribution >= 0.6 is 0 Å². The van der Waals surface area contributed by atoms with Gasteiger partial charge in [0.15, 0.2) is 5.96 Å². The van der Waals surface area contributed by atoms with E-state index >= 15 is 0 Å². The third kappa shape index (κ3) is 6.48. The van der Waals surface area contributed by atoms with Gasteiger partial charge in [-0.25, -0.2) is 4.99 Å². The first kappa shape index (κ1) is 23.2. The van der Waals surface area contributed by atoms with Crippen molar-refractivity contribution in [1.82, 2.24) is 15.5 Å². The van der Waals surface area contributed by atoms with Crippen LogP contribution in [0, 0.1) is 0 Å². The van der Waals surface area contributed by atoms with Gasteiger partial charge in [0.05, 0.1) is 26.0 Å². The van der Waals surface area contributed by atoms with Gasteiger partial charge in [0.2, 0.25) is 0 Å². The Balaban J connectivity index is 1.71. The van der Waals surface area contributed by atoms with E-state index in [1.807, 2.05) is 19.1 Å². The summed E-state index contributed by atoms with van der Waals surface area (Å²) in [5.74, 6) is 2.06. The molecule has 0 aliphatic carbocycles. The van der Waals surface area contributed by atoms with E-state index in [2.05, 4.69) is 32.7 Å². The van der Waals surface area contributed by atoms with Crippen LogP contribution in [0.1, 0.15) is 50.5 Å². The number of likely N-dealkylation sites (tertiary alicyclic amines) is 1. The van der Waals surface area contributed by atoms with Crippen molar-refractivity contribution in [3.63, 3.8) is 0 Å². The van der Waals surface area contributed by atoms with Crippen LogP contribution in [0.25, 0.3) is 0 Å². The van der Waals surface area contributed by atoms with Crippen molar-refractivity contribution in [1.29, 1.82) is 0 Å². The minimum absolute atomic E-state index is 0.201. The summed E-state index contributed by atoms with van der Waals surface area (Å²) in [4.78, 5) is 7.17. The molecule has 7 heteroatoms. The number of furan rings is 1. The number of guanidine groups is 1. The molecule has 3 rings (SSSR count). The minimum atomic E-state index is -1.16. The second-order valence-corrected chi connectivity index (χ2v) is 8.21. The van der Waals surface area contributed by atoms with Gasteiger partial charge in [-0.15, -0.1) is 0 Å². The Morgan fingerprint density at radius 1 is 1.19 bits per heavy atom. The average Bonchev–Trinajstić information content (AvgIpc) is 3.35. The predicted octanol–water partition coefficient (Wildman–Crippen LogP) is 3.28. The van der Waals surface area contributed by atoms with E-state index in [0.29, 0.717) is 11.7 Å². The van der Waals surface area contributed by atoms with E-state index in [1.165, 1.54) is 24.8 Å². The van der Waals surface area contributed by atoms with Gasteiger partial charge in [-0.3, -0.25) is 4.90 Å². The largest absolute Gasteiger partial charge is 0.497 e. The fourth-order valence-electron chi connectivity index (χ4n) is 3.94. The Bertz CT molecular complexity index is 797. The van der Waals surface area contributed by atoms with Crippen molar-refractivity contribution in [3.05, 3.63) is 54.0 Å². The van der Waals surface area contributed by atoms with Gasteiger partial charge in [0, 0.05) is 13.1 Å². The highest BCUT2D eigenvalue weighted by Gasteiger charge is 2.26. The van der Waals surface area contributed by atoms with Crippen LogP contribution in [-0.2, 0) is 5.60 Å². The van der Waals surface area contributed by atoms with Crippen molar-refractivity contribution < 1.29 is 14.3 Å². The van der Waals surface area contributed by atoms with E-state index < -0.39 is 5.60 Å². The summed E-state index contributed by atoms with van der Waals surface area (Å²) < 4.78 is 10.7. The van der Waals surface area contributed by atoms with E-state index in [-0.39, 0.29) is 12.6 Å². The SMILES string of the molecule is CCNC(=NCC(C)(O)c1ccco1)NCC(c1ccc(OC)cc1)N1CCCCC1. The number of hydrogen-bond donors (Lipinski definition) is 3. The summed E-state index contributed by atoms with van der Waals surface area (Å²) >= 11 is 0. The molecule has 1 aliphatic rings. The molecule has 3 N–H and O–H groups in total. The highest BCUT2D eigenvalue weighted by Crippen LogP contribution is 2.26. The van der Waals surface area contributed by atoms with Crippen molar-refractivity contribution in [2.24, 2.45) is 4.99 Å². The van der Waals surface area contributed by atoms with Crippen LogP contribution in [0.15, 0.2) is 52.1 Å². The van der Waals surface area contributed by atoms with Crippen molar-refractivity contribution in [3.8, 4) is 5.75 Å². The van der Waals surface area contributed by atoms with Crippen LogP contribution in [0.3, 0.4) is 0 Å². The first-order chi connectivity index (χ1) is 15.0. The Kier molecular flexibility index (Phi) is 8.37. The third-order valence-corrected chi connectivity index (χ3v) is 5.74. The van der Waals surface area contributed by atoms with Crippen molar-refractivity contribution in [2.75, 3.05) is 39.8 Å². The second-order valence-electron chi connectivity index (χ2n) is 8.21. The zero-order valence-electron chi connectivity index (χ0n) is 18.9. The number of hydrogen-bond acceptors (Lipinski definition) is 5. The maximum Gasteiger partial charge on any atom is 0.191 e. The monoisotopic (exact) mass is 428 g/mol. The Morgan fingerprint density at radius 3 is 2.55 bits per heavy atom. The molecule has 0 bridgehead atoms. The Morgan fingerprint density at radius 2 is 1.94 bits per heavy atom. The van der Waals surface area contributed by atoms with Crippen molar-refractivity contribution in [2.45, 2.75) is 44.8 Å². The number of methoxy groups -OCH3 is 1. The normalized spacial score (nSPS) is 18.3. The summed E-state index contributed by atoms with van der Waals surface area (Å²) in [5, 5.41) is 17.5. The lowest BCUT2D eigenvalue weighted by Crippen LogP contribution is -2.45. The molecular weight excluding hydrogens is 392 g/mol. The third-order valence-electron chi connectivity index (χ3n) is 5.74. The second kappa shape index (κ2) is 11.2. The molecule has 1 aromatic carbocycles. The number of nitrogens with zero attached hydrogens (tertiary/aromatic N) is 2. The molecule has 0 amide bonds. The lowest BCUT2D eigenvalue weighted by molar-refractivity contribution is 0.0436. The molecule has 1 saturated heterocycles. The standard InChI is InChI=1S/C24H36N4O3/c1-4-25-23(27-18-24(2,29)22-9-8-16-31-22)26-17-21(28-14-6-5-7-15-28)19-10-12-20(30-3)13-11-19/h8-13,16,21,29H,4-7,14-15,17-18H2,1-3H3,(H2,25,26,27). The predicted molar refractivity (Wildman–Crippen MR) is 123 cm³/mol. The average molecular weight is 429 g/mol. The molecule has 2 unspecified atom stereocenters. The molecule has 2 heterocycles. The summed E-state index contributed by atoms with van der Waals surface area (Å²) in [5.41, 5.74) is 0.0994. The quantitative estimate of drug-likeness (QED) is 0.420. The molecule has 1 fully saturated rings. The van der Waals surface area contributed by atoms with Gasteiger partial charge in [0.25, 0.3) is 0 Å². The topological polar surface area (TPSA) is 82.3 Å². The maximum absolute atomic E-state index is 10.7. The molecule has 1 aliphatic heterocycles. The van der Waals surface area contributed by atoms with Crippen LogP contribution in [-0.4, -0.2) is 55.8 Å². The zero-order valence-corrected chi connectivity index (χ0v) is 18.9. The molecule has 31 heavy (non-hydrogen) atoms. The molecule has 170 valence electrons. The molecule has 7 nitrogen and oxygen atoms in total. The number of nitrogens with one attached hydrogen (secondary N) is 2. The number of aliphatic imine (C=N–C) groups is 1. The lowest BCUT2D eigenvalue weighted by atomic mass is 10.0. The fraction of sp³-hybridized carbons (Fsp3) is 0.542. The lowest BCUT2D eigenvalue weighted by Gasteiger charge is -2.35. The number of benzene rings is 1. The molecule has 2 aromatic rings. The minimum Gasteiger partial charge on any atom is -0.497 e. The van der Waals surface area contributed by atoms with E-state index in [9.17, 15) is 5.11 Å².